The van der Waals surface area contributed by atoms with Gasteiger partial charge in [-0.1, -0.05) is 68.1 Å². The van der Waals surface area contributed by atoms with Crippen molar-refractivity contribution in [3.8, 4) is 0 Å². The predicted molar refractivity (Wildman–Crippen MR) is 143 cm³/mol. The summed E-state index contributed by atoms with van der Waals surface area (Å²) in [6, 6.07) is 23.7. The van der Waals surface area contributed by atoms with Gasteiger partial charge in [0.05, 0.1) is 5.75 Å². The summed E-state index contributed by atoms with van der Waals surface area (Å²) in [5, 5.41) is 2.91. The zero-order valence-electron chi connectivity index (χ0n) is 19.9. The summed E-state index contributed by atoms with van der Waals surface area (Å²) in [5.41, 5.74) is 5.71. The van der Waals surface area contributed by atoms with Gasteiger partial charge in [-0.05, 0) is 67.3 Å². The molecule has 0 saturated carbocycles. The second-order valence-corrected chi connectivity index (χ2v) is 9.92. The molecule has 1 aliphatic rings. The van der Waals surface area contributed by atoms with Gasteiger partial charge in [-0.25, -0.2) is 0 Å². The first-order chi connectivity index (χ1) is 16.5. The number of carbonyl (C=O) groups is 2. The third-order valence-corrected chi connectivity index (χ3v) is 7.36. The summed E-state index contributed by atoms with van der Waals surface area (Å²) in [4.78, 5) is 27.3. The monoisotopic (exact) mass is 472 g/mol. The molecular weight excluding hydrogens is 440 g/mol. The quantitative estimate of drug-likeness (QED) is 0.337. The number of carbonyl (C=O) groups excluding carboxylic acids is 2. The number of hydrogen-bond donors (Lipinski definition) is 1. The molecule has 2 amide bonds. The van der Waals surface area contributed by atoms with Crippen molar-refractivity contribution in [3.63, 3.8) is 0 Å². The minimum Gasteiger partial charge on any atom is -0.322 e. The Kier molecular flexibility index (Phi) is 8.07. The number of benzene rings is 3. The number of nitrogens with one attached hydrogen (secondary N) is 1. The summed E-state index contributed by atoms with van der Waals surface area (Å²) in [6.07, 6.45) is 6.00. The molecule has 176 valence electrons. The first-order valence-corrected chi connectivity index (χ1v) is 13.1. The highest BCUT2D eigenvalue weighted by atomic mass is 32.2. The van der Waals surface area contributed by atoms with E-state index in [1.54, 1.807) is 11.8 Å². The van der Waals surface area contributed by atoms with Crippen molar-refractivity contribution in [2.75, 3.05) is 16.0 Å². The van der Waals surface area contributed by atoms with Crippen molar-refractivity contribution < 1.29 is 9.59 Å². The van der Waals surface area contributed by atoms with Gasteiger partial charge in [0.1, 0.15) is 5.37 Å². The fraction of sp³-hybridized carbons (Fsp3) is 0.310. The zero-order chi connectivity index (χ0) is 23.9. The van der Waals surface area contributed by atoms with Crippen LogP contribution in [0.15, 0.2) is 72.8 Å². The van der Waals surface area contributed by atoms with Gasteiger partial charge in [0.15, 0.2) is 0 Å². The van der Waals surface area contributed by atoms with Crippen molar-refractivity contribution in [2.45, 2.75) is 51.3 Å². The van der Waals surface area contributed by atoms with Gasteiger partial charge >= 0.3 is 0 Å². The molecule has 1 heterocycles. The molecule has 1 fully saturated rings. The van der Waals surface area contributed by atoms with Crippen LogP contribution in [0.2, 0.25) is 0 Å². The van der Waals surface area contributed by atoms with Gasteiger partial charge < -0.3 is 5.32 Å². The van der Waals surface area contributed by atoms with Gasteiger partial charge in [0, 0.05) is 16.9 Å². The van der Waals surface area contributed by atoms with E-state index in [2.05, 4.69) is 24.4 Å². The highest BCUT2D eigenvalue weighted by Crippen LogP contribution is 2.42. The maximum atomic E-state index is 12.8. The summed E-state index contributed by atoms with van der Waals surface area (Å²) < 4.78 is 0. The number of thioether (sulfide) groups is 1. The van der Waals surface area contributed by atoms with Crippen molar-refractivity contribution in [1.82, 2.24) is 0 Å². The molecule has 0 bridgehead atoms. The van der Waals surface area contributed by atoms with E-state index < -0.39 is 0 Å². The molecule has 0 spiro atoms. The number of aryl methyl sites for hydroxylation is 2. The third-order valence-electron chi connectivity index (χ3n) is 6.14. The van der Waals surface area contributed by atoms with E-state index in [1.807, 2.05) is 72.5 Å². The van der Waals surface area contributed by atoms with Gasteiger partial charge in [-0.2, -0.15) is 0 Å². The van der Waals surface area contributed by atoms with Crippen LogP contribution in [0.5, 0.6) is 0 Å². The Balaban J connectivity index is 1.43. The molecule has 5 heteroatoms. The highest BCUT2D eigenvalue weighted by Gasteiger charge is 2.34. The fourth-order valence-corrected chi connectivity index (χ4v) is 5.37. The molecule has 0 aromatic heterocycles. The molecule has 4 rings (SSSR count). The Morgan fingerprint density at radius 1 is 1.00 bits per heavy atom. The lowest BCUT2D eigenvalue weighted by atomic mass is 10.0. The number of hydrogen-bond acceptors (Lipinski definition) is 3. The van der Waals surface area contributed by atoms with Crippen molar-refractivity contribution in [3.05, 3.63) is 95.1 Å². The summed E-state index contributed by atoms with van der Waals surface area (Å²) >= 11 is 1.61. The van der Waals surface area contributed by atoms with Crippen LogP contribution in [0, 0.1) is 6.92 Å². The van der Waals surface area contributed by atoms with Crippen LogP contribution in [0.4, 0.5) is 11.4 Å². The molecule has 1 atom stereocenters. The summed E-state index contributed by atoms with van der Waals surface area (Å²) in [6.45, 7) is 4.25. The lowest BCUT2D eigenvalue weighted by Crippen LogP contribution is -2.27. The first kappa shape index (κ1) is 24.1. The maximum Gasteiger partial charge on any atom is 0.255 e. The molecule has 1 N–H and O–H groups in total. The van der Waals surface area contributed by atoms with E-state index in [-0.39, 0.29) is 17.2 Å². The zero-order valence-corrected chi connectivity index (χ0v) is 20.7. The average Bonchev–Trinajstić information content (AvgIpc) is 3.24. The first-order valence-electron chi connectivity index (χ1n) is 12.1. The Morgan fingerprint density at radius 2 is 1.76 bits per heavy atom. The van der Waals surface area contributed by atoms with Crippen LogP contribution in [0.25, 0.3) is 0 Å². The van der Waals surface area contributed by atoms with Crippen molar-refractivity contribution in [2.24, 2.45) is 0 Å². The van der Waals surface area contributed by atoms with E-state index in [4.69, 9.17) is 0 Å². The number of unbranched alkanes of at least 4 members (excludes halogenated alkanes) is 3. The van der Waals surface area contributed by atoms with Gasteiger partial charge in [-0.15, -0.1) is 11.8 Å². The number of anilines is 2. The second-order valence-electron chi connectivity index (χ2n) is 8.85. The fourth-order valence-electron chi connectivity index (χ4n) is 4.21. The molecule has 3 aromatic carbocycles. The molecule has 3 aromatic rings. The smallest absolute Gasteiger partial charge is 0.255 e. The minimum absolute atomic E-state index is 0.100. The van der Waals surface area contributed by atoms with Gasteiger partial charge in [-0.3, -0.25) is 14.5 Å². The predicted octanol–water partition coefficient (Wildman–Crippen LogP) is 7.15. The highest BCUT2D eigenvalue weighted by molar-refractivity contribution is 8.00. The van der Waals surface area contributed by atoms with Gasteiger partial charge in [0.25, 0.3) is 5.91 Å². The van der Waals surface area contributed by atoms with Crippen LogP contribution < -0.4 is 10.2 Å². The molecule has 0 radical (unpaired) electrons. The van der Waals surface area contributed by atoms with Crippen LogP contribution >= 0.6 is 11.8 Å². The Hall–Kier alpha value is -3.05. The topological polar surface area (TPSA) is 49.4 Å². The van der Waals surface area contributed by atoms with Crippen LogP contribution in [-0.4, -0.2) is 17.6 Å². The number of rotatable bonds is 9. The Bertz CT molecular complexity index is 1130. The largest absolute Gasteiger partial charge is 0.322 e. The maximum absolute atomic E-state index is 12.8. The van der Waals surface area contributed by atoms with Crippen LogP contribution in [0.1, 0.15) is 65.0 Å². The van der Waals surface area contributed by atoms with E-state index >= 15 is 0 Å². The van der Waals surface area contributed by atoms with Crippen molar-refractivity contribution in [1.29, 1.82) is 0 Å². The van der Waals surface area contributed by atoms with Gasteiger partial charge in [0.2, 0.25) is 5.91 Å². The molecule has 34 heavy (non-hydrogen) atoms. The molecule has 1 unspecified atom stereocenters. The molecule has 1 saturated heterocycles. The minimum atomic E-state index is -0.125. The molecular formula is C29H32N2O2S. The lowest BCUT2D eigenvalue weighted by molar-refractivity contribution is -0.115. The van der Waals surface area contributed by atoms with E-state index in [0.717, 1.165) is 28.9 Å². The second kappa shape index (κ2) is 11.4. The third kappa shape index (κ3) is 5.89. The lowest BCUT2D eigenvalue weighted by Gasteiger charge is -2.25. The number of amides is 2. The van der Waals surface area contributed by atoms with E-state index in [1.165, 1.54) is 31.2 Å². The Morgan fingerprint density at radius 3 is 2.50 bits per heavy atom. The van der Waals surface area contributed by atoms with Crippen LogP contribution in [0.3, 0.4) is 0 Å². The van der Waals surface area contributed by atoms with E-state index in [0.29, 0.717) is 11.3 Å². The Labute approximate surface area is 206 Å². The van der Waals surface area contributed by atoms with Crippen LogP contribution in [-0.2, 0) is 11.2 Å². The summed E-state index contributed by atoms with van der Waals surface area (Å²) in [7, 11) is 0. The standard InChI is InChI=1S/C29H32N2O2S/c1-3-4-5-6-8-22-13-15-23(16-14-22)28(33)30-25-10-7-9-24(19-25)29-31(27(32)20-34-29)26-17-11-21(2)12-18-26/h7,9-19,29H,3-6,8,20H2,1-2H3,(H,30,33). The SMILES string of the molecule is CCCCCCc1ccc(C(=O)Nc2cccc(C3SCC(=O)N3c3ccc(C)cc3)c2)cc1. The molecule has 4 nitrogen and oxygen atoms in total. The number of nitrogens with zero attached hydrogens (tertiary/aromatic N) is 1. The van der Waals surface area contributed by atoms with E-state index in [9.17, 15) is 9.59 Å². The molecule has 1 aliphatic heterocycles. The normalized spacial score (nSPS) is 15.5. The van der Waals surface area contributed by atoms with Crippen molar-refractivity contribution >= 4 is 35.0 Å². The molecule has 0 aliphatic carbocycles. The summed E-state index contributed by atoms with van der Waals surface area (Å²) in [5.74, 6) is 0.420. The average molecular weight is 473 g/mol.